The molecule has 7 heteroatoms. The van der Waals surface area contributed by atoms with Crippen molar-refractivity contribution in [1.29, 1.82) is 0 Å². The van der Waals surface area contributed by atoms with Crippen molar-refractivity contribution >= 4 is 34.3 Å². The standard InChI is InChI=1S/C22H28N4O3/c1-25-9-4-10-26(12-11-25)20-14-18(22(28)29)17-13-16(7-8-19(17)24-20)23-21(27)15-5-2-3-6-15/h7-8,13-15H,2-6,9-12H2,1H3,(H,23,27)(H,28,29). The number of hydrogen-bond donors (Lipinski definition) is 2. The summed E-state index contributed by atoms with van der Waals surface area (Å²) in [6, 6.07) is 7.02. The van der Waals surface area contributed by atoms with Gasteiger partial charge in [0.25, 0.3) is 0 Å². The number of benzene rings is 1. The van der Waals surface area contributed by atoms with Crippen LogP contribution in [0.15, 0.2) is 24.3 Å². The number of aromatic carboxylic acids is 1. The van der Waals surface area contributed by atoms with Gasteiger partial charge in [0.05, 0.1) is 11.1 Å². The molecule has 0 radical (unpaired) electrons. The van der Waals surface area contributed by atoms with Crippen molar-refractivity contribution in [3.05, 3.63) is 29.8 Å². The van der Waals surface area contributed by atoms with E-state index in [2.05, 4.69) is 22.2 Å². The number of carbonyl (C=O) groups is 2. The molecule has 0 spiro atoms. The molecule has 2 N–H and O–H groups in total. The lowest BCUT2D eigenvalue weighted by atomic mass is 10.1. The summed E-state index contributed by atoms with van der Waals surface area (Å²) in [7, 11) is 2.10. The molecule has 1 aliphatic carbocycles. The van der Waals surface area contributed by atoms with E-state index in [1.807, 2.05) is 6.07 Å². The molecule has 7 nitrogen and oxygen atoms in total. The van der Waals surface area contributed by atoms with Crippen LogP contribution in [0.4, 0.5) is 11.5 Å². The average Bonchev–Trinajstić information content (AvgIpc) is 3.16. The molecule has 4 rings (SSSR count). The lowest BCUT2D eigenvalue weighted by Crippen LogP contribution is -2.29. The van der Waals surface area contributed by atoms with Crippen molar-refractivity contribution in [3.8, 4) is 0 Å². The molecular weight excluding hydrogens is 368 g/mol. The third-order valence-electron chi connectivity index (χ3n) is 6.06. The maximum atomic E-state index is 12.4. The molecule has 2 aromatic rings. The van der Waals surface area contributed by atoms with E-state index in [4.69, 9.17) is 4.98 Å². The molecule has 2 fully saturated rings. The maximum Gasteiger partial charge on any atom is 0.336 e. The van der Waals surface area contributed by atoms with E-state index in [1.54, 1.807) is 18.2 Å². The van der Waals surface area contributed by atoms with Crippen LogP contribution in [0.1, 0.15) is 42.5 Å². The van der Waals surface area contributed by atoms with Crippen LogP contribution in [0.25, 0.3) is 10.9 Å². The Hall–Kier alpha value is -2.67. The van der Waals surface area contributed by atoms with Crippen molar-refractivity contribution in [2.75, 3.05) is 43.4 Å². The topological polar surface area (TPSA) is 85.8 Å². The first-order valence-corrected chi connectivity index (χ1v) is 10.4. The van der Waals surface area contributed by atoms with Gasteiger partial charge in [-0.1, -0.05) is 12.8 Å². The van der Waals surface area contributed by atoms with Crippen LogP contribution in [0.5, 0.6) is 0 Å². The van der Waals surface area contributed by atoms with Gasteiger partial charge >= 0.3 is 5.97 Å². The van der Waals surface area contributed by atoms with Gasteiger partial charge < -0.3 is 20.2 Å². The zero-order chi connectivity index (χ0) is 20.4. The number of anilines is 2. The highest BCUT2D eigenvalue weighted by atomic mass is 16.4. The third kappa shape index (κ3) is 4.34. The third-order valence-corrected chi connectivity index (χ3v) is 6.06. The van der Waals surface area contributed by atoms with Crippen molar-refractivity contribution < 1.29 is 14.7 Å². The van der Waals surface area contributed by atoms with E-state index in [1.165, 1.54) is 0 Å². The van der Waals surface area contributed by atoms with Gasteiger partial charge in [-0.2, -0.15) is 0 Å². The number of carboxylic acid groups (broad SMARTS) is 1. The molecule has 1 aromatic heterocycles. The largest absolute Gasteiger partial charge is 0.478 e. The molecule has 0 bridgehead atoms. The molecular formula is C22H28N4O3. The summed E-state index contributed by atoms with van der Waals surface area (Å²) in [5, 5.41) is 13.3. The Kier molecular flexibility index (Phi) is 5.67. The van der Waals surface area contributed by atoms with Crippen molar-refractivity contribution in [1.82, 2.24) is 9.88 Å². The Morgan fingerprint density at radius 2 is 1.86 bits per heavy atom. The number of pyridine rings is 1. The number of aromatic nitrogens is 1. The fourth-order valence-corrected chi connectivity index (χ4v) is 4.34. The fraction of sp³-hybridized carbons (Fsp3) is 0.500. The molecule has 0 atom stereocenters. The fourth-order valence-electron chi connectivity index (χ4n) is 4.34. The molecule has 2 heterocycles. The van der Waals surface area contributed by atoms with Crippen LogP contribution in [0.2, 0.25) is 0 Å². The minimum atomic E-state index is -0.982. The minimum Gasteiger partial charge on any atom is -0.478 e. The van der Waals surface area contributed by atoms with E-state index < -0.39 is 5.97 Å². The lowest BCUT2D eigenvalue weighted by Gasteiger charge is -2.22. The molecule has 0 unspecified atom stereocenters. The summed E-state index contributed by atoms with van der Waals surface area (Å²) in [5.74, 6) is -0.193. The maximum absolute atomic E-state index is 12.4. The van der Waals surface area contributed by atoms with Gasteiger partial charge in [-0.25, -0.2) is 9.78 Å². The van der Waals surface area contributed by atoms with Gasteiger partial charge in [-0.05, 0) is 57.1 Å². The van der Waals surface area contributed by atoms with Gasteiger partial charge in [-0.3, -0.25) is 4.79 Å². The lowest BCUT2D eigenvalue weighted by molar-refractivity contribution is -0.119. The number of nitrogens with zero attached hydrogens (tertiary/aromatic N) is 3. The molecule has 1 aliphatic heterocycles. The summed E-state index contributed by atoms with van der Waals surface area (Å²) >= 11 is 0. The first kappa shape index (κ1) is 19.6. The second kappa shape index (κ2) is 8.37. The Labute approximate surface area is 170 Å². The van der Waals surface area contributed by atoms with E-state index in [0.29, 0.717) is 22.4 Å². The molecule has 154 valence electrons. The van der Waals surface area contributed by atoms with Gasteiger partial charge in [0, 0.05) is 36.6 Å². The van der Waals surface area contributed by atoms with E-state index >= 15 is 0 Å². The van der Waals surface area contributed by atoms with Crippen LogP contribution in [0, 0.1) is 5.92 Å². The molecule has 29 heavy (non-hydrogen) atoms. The van der Waals surface area contributed by atoms with Crippen LogP contribution in [0.3, 0.4) is 0 Å². The summed E-state index contributed by atoms with van der Waals surface area (Å²) in [4.78, 5) is 33.6. The number of hydrogen-bond acceptors (Lipinski definition) is 5. The predicted molar refractivity (Wildman–Crippen MR) is 114 cm³/mol. The van der Waals surface area contributed by atoms with Crippen molar-refractivity contribution in [2.24, 2.45) is 5.92 Å². The van der Waals surface area contributed by atoms with Crippen LogP contribution in [-0.4, -0.2) is 60.1 Å². The summed E-state index contributed by atoms with van der Waals surface area (Å²) in [6.45, 7) is 3.63. The Morgan fingerprint density at radius 1 is 1.07 bits per heavy atom. The summed E-state index contributed by atoms with van der Waals surface area (Å²) in [5.41, 5.74) is 1.48. The second-order valence-corrected chi connectivity index (χ2v) is 8.18. The Balaban J connectivity index is 1.64. The number of nitrogens with one attached hydrogen (secondary N) is 1. The number of carboxylic acids is 1. The monoisotopic (exact) mass is 396 g/mol. The van der Waals surface area contributed by atoms with Crippen molar-refractivity contribution in [3.63, 3.8) is 0 Å². The zero-order valence-electron chi connectivity index (χ0n) is 16.9. The summed E-state index contributed by atoms with van der Waals surface area (Å²) in [6.07, 6.45) is 5.06. The second-order valence-electron chi connectivity index (χ2n) is 8.18. The normalized spacial score (nSPS) is 18.7. The average molecular weight is 396 g/mol. The Bertz CT molecular complexity index is 924. The van der Waals surface area contributed by atoms with E-state index in [-0.39, 0.29) is 17.4 Å². The van der Waals surface area contributed by atoms with Gasteiger partial charge in [-0.15, -0.1) is 0 Å². The SMILES string of the molecule is CN1CCCN(c2cc(C(=O)O)c3cc(NC(=O)C4CCCC4)ccc3n2)CC1. The Morgan fingerprint density at radius 3 is 2.62 bits per heavy atom. The highest BCUT2D eigenvalue weighted by molar-refractivity contribution is 6.05. The van der Waals surface area contributed by atoms with Crippen LogP contribution < -0.4 is 10.2 Å². The highest BCUT2D eigenvalue weighted by Gasteiger charge is 2.23. The molecule has 2 aliphatic rings. The molecule has 1 amide bonds. The first-order valence-electron chi connectivity index (χ1n) is 10.4. The smallest absolute Gasteiger partial charge is 0.336 e. The highest BCUT2D eigenvalue weighted by Crippen LogP contribution is 2.29. The molecule has 1 aromatic carbocycles. The molecule has 1 saturated heterocycles. The molecule has 1 saturated carbocycles. The van der Waals surface area contributed by atoms with Gasteiger partial charge in [0.1, 0.15) is 5.82 Å². The predicted octanol–water partition coefficient (Wildman–Crippen LogP) is 3.20. The number of fused-ring (bicyclic) bond motifs is 1. The van der Waals surface area contributed by atoms with Crippen LogP contribution >= 0.6 is 0 Å². The van der Waals surface area contributed by atoms with E-state index in [0.717, 1.165) is 58.3 Å². The number of amides is 1. The van der Waals surface area contributed by atoms with E-state index in [9.17, 15) is 14.7 Å². The summed E-state index contributed by atoms with van der Waals surface area (Å²) < 4.78 is 0. The van der Waals surface area contributed by atoms with Crippen molar-refractivity contribution in [2.45, 2.75) is 32.1 Å². The quantitative estimate of drug-likeness (QED) is 0.825. The zero-order valence-corrected chi connectivity index (χ0v) is 16.9. The first-order chi connectivity index (χ1) is 14.0. The van der Waals surface area contributed by atoms with Crippen LogP contribution in [-0.2, 0) is 4.79 Å². The minimum absolute atomic E-state index is 0.0250. The number of rotatable bonds is 4. The number of likely N-dealkylation sites (N-methyl/N-ethyl adjacent to an activating group) is 1. The van der Waals surface area contributed by atoms with Gasteiger partial charge in [0.15, 0.2) is 0 Å². The number of carbonyl (C=O) groups excluding carboxylic acids is 1. The van der Waals surface area contributed by atoms with Gasteiger partial charge in [0.2, 0.25) is 5.91 Å².